The van der Waals surface area contributed by atoms with Crippen LogP contribution in [0.25, 0.3) is 11.1 Å². The second-order valence-electron chi connectivity index (χ2n) is 12.7. The molecule has 2 aliphatic heterocycles. The molecular formula is C39H41Cl3N2O6. The number of hydrogen-bond acceptors (Lipinski definition) is 7. The number of nitrogens with one attached hydrogen (secondary N) is 1. The van der Waals surface area contributed by atoms with Crippen LogP contribution in [-0.4, -0.2) is 53.1 Å². The maximum atomic E-state index is 12.2. The van der Waals surface area contributed by atoms with E-state index in [1.54, 1.807) is 14.2 Å². The number of halogens is 3. The standard InChI is InChI=1S/C39H41Cl3N2O6/c1-24-35(22-44-17-16-29-18-33(47-2)34(48-3)19-31(29)21-44)49-37(50-36(24)27-10-8-25(23-45)9-11-27)28-14-12-26(13-15-28)32-7-5-4-6-30(32)20-43-38(46)39(40,41)42/h4-15,18-19,24,35-37,45H,16-17,20-23H2,1-3H3,(H,43,46)/t24-,35+,36+,37+/m0/s1. The van der Waals surface area contributed by atoms with Crippen LogP contribution in [0.1, 0.15) is 52.7 Å². The summed E-state index contributed by atoms with van der Waals surface area (Å²) in [5.41, 5.74) is 8.07. The van der Waals surface area contributed by atoms with Gasteiger partial charge in [0.15, 0.2) is 17.8 Å². The molecule has 1 fully saturated rings. The monoisotopic (exact) mass is 738 g/mol. The van der Waals surface area contributed by atoms with E-state index in [2.05, 4.69) is 29.3 Å². The molecule has 0 saturated carbocycles. The molecule has 0 unspecified atom stereocenters. The van der Waals surface area contributed by atoms with Crippen molar-refractivity contribution in [2.75, 3.05) is 27.3 Å². The first-order chi connectivity index (χ1) is 24.1. The molecule has 0 bridgehead atoms. The predicted octanol–water partition coefficient (Wildman–Crippen LogP) is 7.70. The smallest absolute Gasteiger partial charge is 0.272 e. The third-order valence-corrected chi connectivity index (χ3v) is 10.1. The lowest BCUT2D eigenvalue weighted by Gasteiger charge is -2.43. The first-order valence-corrected chi connectivity index (χ1v) is 17.7. The van der Waals surface area contributed by atoms with Gasteiger partial charge in [-0.3, -0.25) is 9.69 Å². The Bertz CT molecular complexity index is 1780. The lowest BCUT2D eigenvalue weighted by molar-refractivity contribution is -0.276. The number of methoxy groups -OCH3 is 2. The Hall–Kier alpha value is -3.34. The van der Waals surface area contributed by atoms with Gasteiger partial charge in [-0.25, -0.2) is 0 Å². The summed E-state index contributed by atoms with van der Waals surface area (Å²) in [5.74, 6) is 0.846. The zero-order valence-electron chi connectivity index (χ0n) is 28.2. The first kappa shape index (κ1) is 36.5. The van der Waals surface area contributed by atoms with Crippen LogP contribution in [0.15, 0.2) is 84.9 Å². The van der Waals surface area contributed by atoms with E-state index in [1.165, 1.54) is 11.1 Å². The fourth-order valence-corrected chi connectivity index (χ4v) is 6.93. The number of aliphatic hydroxyl groups is 1. The summed E-state index contributed by atoms with van der Waals surface area (Å²) in [6.07, 6.45) is -0.0531. The van der Waals surface area contributed by atoms with E-state index in [1.807, 2.05) is 72.8 Å². The second-order valence-corrected chi connectivity index (χ2v) is 15.0. The third kappa shape index (κ3) is 8.24. The highest BCUT2D eigenvalue weighted by molar-refractivity contribution is 6.76. The van der Waals surface area contributed by atoms with Gasteiger partial charge in [0.2, 0.25) is 0 Å². The molecule has 264 valence electrons. The minimum Gasteiger partial charge on any atom is -0.493 e. The number of rotatable bonds is 10. The highest BCUT2D eigenvalue weighted by atomic mass is 35.6. The average Bonchev–Trinajstić information content (AvgIpc) is 3.13. The van der Waals surface area contributed by atoms with Gasteiger partial charge < -0.3 is 29.4 Å². The molecule has 0 aromatic heterocycles. The number of amides is 1. The number of aliphatic hydroxyl groups excluding tert-OH is 1. The summed E-state index contributed by atoms with van der Waals surface area (Å²) in [4.78, 5) is 14.6. The zero-order chi connectivity index (χ0) is 35.4. The maximum absolute atomic E-state index is 12.2. The van der Waals surface area contributed by atoms with Crippen molar-refractivity contribution in [3.8, 4) is 22.6 Å². The summed E-state index contributed by atoms with van der Waals surface area (Å²) >= 11 is 17.2. The van der Waals surface area contributed by atoms with Gasteiger partial charge in [-0.15, -0.1) is 0 Å². The zero-order valence-corrected chi connectivity index (χ0v) is 30.5. The molecule has 2 N–H and O–H groups in total. The van der Waals surface area contributed by atoms with Crippen molar-refractivity contribution >= 4 is 40.7 Å². The normalized spacial score (nSPS) is 20.9. The van der Waals surface area contributed by atoms with Crippen LogP contribution in [0, 0.1) is 5.92 Å². The molecule has 11 heteroatoms. The van der Waals surface area contributed by atoms with Crippen LogP contribution in [0.4, 0.5) is 0 Å². The average molecular weight is 740 g/mol. The molecular weight excluding hydrogens is 699 g/mol. The molecule has 50 heavy (non-hydrogen) atoms. The van der Waals surface area contributed by atoms with Gasteiger partial charge in [-0.05, 0) is 57.5 Å². The Morgan fingerprint density at radius 3 is 2.24 bits per heavy atom. The van der Waals surface area contributed by atoms with Crippen molar-refractivity contribution in [3.63, 3.8) is 0 Å². The van der Waals surface area contributed by atoms with Crippen molar-refractivity contribution in [2.45, 2.75) is 55.3 Å². The van der Waals surface area contributed by atoms with Crippen molar-refractivity contribution in [1.29, 1.82) is 0 Å². The van der Waals surface area contributed by atoms with E-state index in [4.69, 9.17) is 53.8 Å². The number of benzene rings is 4. The summed E-state index contributed by atoms with van der Waals surface area (Å²) in [7, 11) is 3.33. The summed E-state index contributed by atoms with van der Waals surface area (Å²) < 4.78 is 22.6. The molecule has 8 nitrogen and oxygen atoms in total. The van der Waals surface area contributed by atoms with Gasteiger partial charge in [-0.1, -0.05) is 115 Å². The van der Waals surface area contributed by atoms with Gasteiger partial charge in [0.05, 0.1) is 33.0 Å². The van der Waals surface area contributed by atoms with E-state index >= 15 is 0 Å². The van der Waals surface area contributed by atoms with Crippen LogP contribution in [0.5, 0.6) is 11.5 Å². The molecule has 1 amide bonds. The van der Waals surface area contributed by atoms with E-state index in [-0.39, 0.29) is 31.3 Å². The van der Waals surface area contributed by atoms with Gasteiger partial charge in [0.25, 0.3) is 9.70 Å². The highest BCUT2D eigenvalue weighted by Crippen LogP contribution is 2.43. The quantitative estimate of drug-likeness (QED) is 0.161. The van der Waals surface area contributed by atoms with Crippen molar-refractivity contribution in [1.82, 2.24) is 10.2 Å². The predicted molar refractivity (Wildman–Crippen MR) is 196 cm³/mol. The van der Waals surface area contributed by atoms with E-state index < -0.39 is 16.0 Å². The molecule has 6 rings (SSSR count). The Balaban J connectivity index is 1.23. The molecule has 4 aromatic carbocycles. The second kappa shape index (κ2) is 15.9. The minimum atomic E-state index is -2.04. The topological polar surface area (TPSA) is 89.5 Å². The van der Waals surface area contributed by atoms with Crippen LogP contribution in [0.3, 0.4) is 0 Å². The van der Waals surface area contributed by atoms with E-state index in [0.717, 1.165) is 70.9 Å². The molecule has 4 atom stereocenters. The Labute approximate surface area is 308 Å². The van der Waals surface area contributed by atoms with Gasteiger partial charge in [0, 0.05) is 37.7 Å². The van der Waals surface area contributed by atoms with Gasteiger partial charge in [-0.2, -0.15) is 0 Å². The van der Waals surface area contributed by atoms with Gasteiger partial charge in [0.1, 0.15) is 0 Å². The Morgan fingerprint density at radius 1 is 0.920 bits per heavy atom. The maximum Gasteiger partial charge on any atom is 0.272 e. The highest BCUT2D eigenvalue weighted by Gasteiger charge is 2.39. The first-order valence-electron chi connectivity index (χ1n) is 16.6. The van der Waals surface area contributed by atoms with Crippen molar-refractivity contribution in [2.24, 2.45) is 5.92 Å². The fraction of sp³-hybridized carbons (Fsp3) is 0.359. The van der Waals surface area contributed by atoms with Crippen LogP contribution >= 0.6 is 34.8 Å². The summed E-state index contributed by atoms with van der Waals surface area (Å²) in [5, 5.41) is 12.3. The molecule has 1 saturated heterocycles. The third-order valence-electron chi connectivity index (χ3n) is 9.57. The molecule has 2 heterocycles. The van der Waals surface area contributed by atoms with E-state index in [0.29, 0.717) is 0 Å². The molecule has 4 aromatic rings. The fourth-order valence-electron chi connectivity index (χ4n) is 6.73. The molecule has 0 radical (unpaired) electrons. The van der Waals surface area contributed by atoms with Crippen LogP contribution in [-0.2, 0) is 40.4 Å². The number of hydrogen-bond donors (Lipinski definition) is 2. The van der Waals surface area contributed by atoms with Gasteiger partial charge >= 0.3 is 0 Å². The number of ether oxygens (including phenoxy) is 4. The largest absolute Gasteiger partial charge is 0.493 e. The number of carbonyl (C=O) groups is 1. The molecule has 2 aliphatic rings. The number of carbonyl (C=O) groups excluding carboxylic acids is 1. The Morgan fingerprint density at radius 2 is 1.58 bits per heavy atom. The van der Waals surface area contributed by atoms with Crippen molar-refractivity contribution < 1.29 is 28.8 Å². The SMILES string of the molecule is COc1cc2c(cc1OC)CN(C[C@H]1O[C@@H](c3ccc(-c4ccccc4CNC(=O)C(Cl)(Cl)Cl)cc3)O[C@@H](c3ccc(CO)cc3)[C@H]1C)CC2. The summed E-state index contributed by atoms with van der Waals surface area (Å²) in [6, 6.07) is 28.0. The minimum absolute atomic E-state index is 0.0163. The number of alkyl halides is 3. The number of nitrogens with zero attached hydrogens (tertiary/aromatic N) is 1. The van der Waals surface area contributed by atoms with Crippen LogP contribution in [0.2, 0.25) is 0 Å². The van der Waals surface area contributed by atoms with Crippen molar-refractivity contribution in [3.05, 3.63) is 118 Å². The summed E-state index contributed by atoms with van der Waals surface area (Å²) in [6.45, 7) is 4.77. The lowest BCUT2D eigenvalue weighted by Crippen LogP contribution is -2.45. The van der Waals surface area contributed by atoms with E-state index in [9.17, 15) is 9.90 Å². The molecule has 0 spiro atoms. The lowest BCUT2D eigenvalue weighted by atomic mass is 9.89. The Kier molecular flexibility index (Phi) is 11.6. The van der Waals surface area contributed by atoms with Crippen LogP contribution < -0.4 is 14.8 Å². The molecule has 0 aliphatic carbocycles. The number of fused-ring (bicyclic) bond motifs is 1.